The van der Waals surface area contributed by atoms with Crippen molar-refractivity contribution < 1.29 is 14.3 Å². The molecule has 0 fully saturated rings. The lowest BCUT2D eigenvalue weighted by Crippen LogP contribution is -2.38. The molecule has 0 amide bonds. The second-order valence-corrected chi connectivity index (χ2v) is 5.38. The van der Waals surface area contributed by atoms with Gasteiger partial charge in [0.05, 0.1) is 12.6 Å². The number of hydrogen-bond acceptors (Lipinski definition) is 5. The molecular formula is C15H22N2O3. The Kier molecular flexibility index (Phi) is 4.18. The summed E-state index contributed by atoms with van der Waals surface area (Å²) in [4.78, 5) is 13.4. The van der Waals surface area contributed by atoms with E-state index >= 15 is 0 Å². The van der Waals surface area contributed by atoms with E-state index in [2.05, 4.69) is 16.6 Å². The number of nitrogens with two attached hydrogens (primary N) is 1. The zero-order valence-corrected chi connectivity index (χ0v) is 12.3. The van der Waals surface area contributed by atoms with Gasteiger partial charge in [0.2, 0.25) is 0 Å². The van der Waals surface area contributed by atoms with E-state index < -0.39 is 11.5 Å². The maximum atomic E-state index is 11.1. The summed E-state index contributed by atoms with van der Waals surface area (Å²) in [6, 6.07) is 5.80. The van der Waals surface area contributed by atoms with Crippen LogP contribution in [0.3, 0.4) is 0 Å². The second-order valence-electron chi connectivity index (χ2n) is 5.38. The number of carbonyl (C=O) groups is 1. The van der Waals surface area contributed by atoms with E-state index in [9.17, 15) is 4.79 Å². The third-order valence-corrected chi connectivity index (χ3v) is 3.52. The predicted octanol–water partition coefficient (Wildman–Crippen LogP) is 1.64. The average molecular weight is 278 g/mol. The van der Waals surface area contributed by atoms with Crippen LogP contribution < -0.4 is 15.4 Å². The molecule has 1 unspecified atom stereocenters. The number of carbonyl (C=O) groups excluding carboxylic acids is 1. The number of fused-ring (bicyclic) bond motifs is 1. The lowest BCUT2D eigenvalue weighted by atomic mass is 9.96. The number of hydrogen-bond donors (Lipinski definition) is 1. The van der Waals surface area contributed by atoms with Crippen molar-refractivity contribution in [1.29, 1.82) is 0 Å². The molecule has 0 aromatic heterocycles. The van der Waals surface area contributed by atoms with Crippen molar-refractivity contribution in [3.63, 3.8) is 0 Å². The molecule has 5 nitrogen and oxygen atoms in total. The minimum atomic E-state index is -0.395. The molecule has 0 aliphatic carbocycles. The van der Waals surface area contributed by atoms with E-state index in [1.807, 2.05) is 25.1 Å². The molecule has 1 aliphatic rings. The number of esters is 1. The number of ether oxygens (including phenoxy) is 2. The van der Waals surface area contributed by atoms with E-state index in [1.165, 1.54) is 7.11 Å². The van der Waals surface area contributed by atoms with Crippen molar-refractivity contribution in [3.8, 4) is 5.75 Å². The highest BCUT2D eigenvalue weighted by Gasteiger charge is 2.35. The van der Waals surface area contributed by atoms with Crippen LogP contribution in [0.5, 0.6) is 5.75 Å². The number of anilines is 1. The van der Waals surface area contributed by atoms with Crippen LogP contribution in [0.4, 0.5) is 5.69 Å². The van der Waals surface area contributed by atoms with E-state index in [-0.39, 0.29) is 6.61 Å². The van der Waals surface area contributed by atoms with Crippen molar-refractivity contribution >= 4 is 11.7 Å². The normalized spacial score (nSPS) is 20.7. The molecule has 110 valence electrons. The van der Waals surface area contributed by atoms with Gasteiger partial charge in [-0.25, -0.2) is 4.79 Å². The first kappa shape index (κ1) is 14.7. The van der Waals surface area contributed by atoms with Crippen molar-refractivity contribution in [1.82, 2.24) is 0 Å². The lowest BCUT2D eigenvalue weighted by molar-refractivity contribution is -0.142. The maximum absolute atomic E-state index is 11.1. The van der Waals surface area contributed by atoms with E-state index in [1.54, 1.807) is 0 Å². The lowest BCUT2D eigenvalue weighted by Gasteiger charge is -2.21. The summed E-state index contributed by atoms with van der Waals surface area (Å²) in [5.74, 6) is 0.248. The van der Waals surface area contributed by atoms with Crippen LogP contribution >= 0.6 is 0 Å². The van der Waals surface area contributed by atoms with E-state index in [4.69, 9.17) is 10.5 Å². The van der Waals surface area contributed by atoms with Crippen LogP contribution in [0.2, 0.25) is 0 Å². The van der Waals surface area contributed by atoms with Gasteiger partial charge in [-0.3, -0.25) is 0 Å². The molecule has 20 heavy (non-hydrogen) atoms. The minimum absolute atomic E-state index is 0.0880. The second kappa shape index (κ2) is 5.71. The Hall–Kier alpha value is -1.75. The SMILES string of the molecule is CCCN1CC(C)(N)c2cc(OCC(=O)OC)ccc21. The molecule has 1 atom stereocenters. The van der Waals surface area contributed by atoms with Crippen LogP contribution in [-0.4, -0.2) is 32.8 Å². The van der Waals surface area contributed by atoms with Gasteiger partial charge in [-0.2, -0.15) is 0 Å². The van der Waals surface area contributed by atoms with E-state index in [0.717, 1.165) is 30.8 Å². The van der Waals surface area contributed by atoms with Crippen LogP contribution in [0.15, 0.2) is 18.2 Å². The fourth-order valence-electron chi connectivity index (χ4n) is 2.58. The van der Waals surface area contributed by atoms with Gasteiger partial charge in [-0.05, 0) is 31.5 Å². The molecule has 1 aromatic rings. The van der Waals surface area contributed by atoms with Crippen LogP contribution in [-0.2, 0) is 15.1 Å². The molecule has 1 aliphatic heterocycles. The summed E-state index contributed by atoms with van der Waals surface area (Å²) in [5.41, 5.74) is 8.20. The summed E-state index contributed by atoms with van der Waals surface area (Å²) in [6.07, 6.45) is 1.08. The number of benzene rings is 1. The van der Waals surface area contributed by atoms with Gasteiger partial charge in [0.15, 0.2) is 6.61 Å². The minimum Gasteiger partial charge on any atom is -0.482 e. The van der Waals surface area contributed by atoms with Crippen molar-refractivity contribution in [3.05, 3.63) is 23.8 Å². The zero-order valence-electron chi connectivity index (χ0n) is 12.3. The van der Waals surface area contributed by atoms with Crippen LogP contribution in [0.1, 0.15) is 25.8 Å². The summed E-state index contributed by atoms with van der Waals surface area (Å²) >= 11 is 0. The monoisotopic (exact) mass is 278 g/mol. The van der Waals surface area contributed by atoms with Gasteiger partial charge >= 0.3 is 5.97 Å². The van der Waals surface area contributed by atoms with Crippen molar-refractivity contribution in [2.24, 2.45) is 5.73 Å². The van der Waals surface area contributed by atoms with Gasteiger partial charge in [0, 0.05) is 24.3 Å². The molecule has 0 spiro atoms. The van der Waals surface area contributed by atoms with Gasteiger partial charge in [0.1, 0.15) is 5.75 Å². The first-order valence-corrected chi connectivity index (χ1v) is 6.86. The highest BCUT2D eigenvalue weighted by atomic mass is 16.6. The third kappa shape index (κ3) is 2.88. The van der Waals surface area contributed by atoms with Gasteiger partial charge < -0.3 is 20.1 Å². The number of methoxy groups -OCH3 is 1. The van der Waals surface area contributed by atoms with Crippen LogP contribution in [0, 0.1) is 0 Å². The van der Waals surface area contributed by atoms with Gasteiger partial charge in [-0.15, -0.1) is 0 Å². The Labute approximate surface area is 119 Å². The molecule has 0 saturated carbocycles. The highest BCUT2D eigenvalue weighted by Crippen LogP contribution is 2.39. The molecule has 5 heteroatoms. The maximum Gasteiger partial charge on any atom is 0.343 e. The molecule has 0 bridgehead atoms. The Morgan fingerprint density at radius 3 is 2.90 bits per heavy atom. The van der Waals surface area contributed by atoms with Crippen LogP contribution in [0.25, 0.3) is 0 Å². The number of rotatable bonds is 5. The Morgan fingerprint density at radius 2 is 2.25 bits per heavy atom. The quantitative estimate of drug-likeness (QED) is 0.830. The summed E-state index contributed by atoms with van der Waals surface area (Å²) in [7, 11) is 1.34. The Bertz CT molecular complexity index is 500. The van der Waals surface area contributed by atoms with Crippen molar-refractivity contribution in [2.45, 2.75) is 25.8 Å². The topological polar surface area (TPSA) is 64.8 Å². The fourth-order valence-corrected chi connectivity index (χ4v) is 2.58. The zero-order chi connectivity index (χ0) is 14.8. The molecule has 1 heterocycles. The Morgan fingerprint density at radius 1 is 1.50 bits per heavy atom. The predicted molar refractivity (Wildman–Crippen MR) is 78.0 cm³/mol. The molecule has 1 aromatic carbocycles. The smallest absolute Gasteiger partial charge is 0.343 e. The number of nitrogens with zero attached hydrogens (tertiary/aromatic N) is 1. The summed E-state index contributed by atoms with van der Waals surface area (Å²) in [6.45, 7) is 5.87. The first-order valence-electron chi connectivity index (χ1n) is 6.86. The molecule has 2 rings (SSSR count). The average Bonchev–Trinajstić information content (AvgIpc) is 2.68. The highest BCUT2D eigenvalue weighted by molar-refractivity contribution is 5.71. The summed E-state index contributed by atoms with van der Waals surface area (Å²) in [5, 5.41) is 0. The van der Waals surface area contributed by atoms with Crippen molar-refractivity contribution in [2.75, 3.05) is 31.7 Å². The summed E-state index contributed by atoms with van der Waals surface area (Å²) < 4.78 is 9.98. The van der Waals surface area contributed by atoms with Gasteiger partial charge in [0.25, 0.3) is 0 Å². The molecule has 0 radical (unpaired) electrons. The third-order valence-electron chi connectivity index (χ3n) is 3.52. The van der Waals surface area contributed by atoms with E-state index in [0.29, 0.717) is 5.75 Å². The standard InChI is InChI=1S/C15H22N2O3/c1-4-7-17-10-15(2,16)12-8-11(5-6-13(12)17)20-9-14(18)19-3/h5-6,8H,4,7,9-10,16H2,1-3H3. The fraction of sp³-hybridized carbons (Fsp3) is 0.533. The molecular weight excluding hydrogens is 256 g/mol. The Balaban J connectivity index is 2.20. The first-order chi connectivity index (χ1) is 9.47. The molecule has 2 N–H and O–H groups in total. The van der Waals surface area contributed by atoms with Gasteiger partial charge in [-0.1, -0.05) is 6.92 Å². The largest absolute Gasteiger partial charge is 0.482 e. The molecule has 0 saturated heterocycles.